The van der Waals surface area contributed by atoms with Gasteiger partial charge in [-0.15, -0.1) is 0 Å². The molecule has 1 N–H and O–H groups in total. The van der Waals surface area contributed by atoms with E-state index >= 15 is 0 Å². The Morgan fingerprint density at radius 3 is 2.70 bits per heavy atom. The molecular weight excluding hydrogens is 405 g/mol. The van der Waals surface area contributed by atoms with Crippen molar-refractivity contribution in [3.05, 3.63) is 51.6 Å². The normalized spacial score (nSPS) is 11.7. The highest BCUT2D eigenvalue weighted by Crippen LogP contribution is 2.23. The summed E-state index contributed by atoms with van der Waals surface area (Å²) in [6.45, 7) is 4.09. The second kappa shape index (κ2) is 8.19. The third-order valence-electron chi connectivity index (χ3n) is 3.42. The van der Waals surface area contributed by atoms with Gasteiger partial charge in [0.15, 0.2) is 0 Å². The van der Waals surface area contributed by atoms with E-state index in [2.05, 4.69) is 34.8 Å². The maximum Gasteiger partial charge on any atom is 0.255 e. The molecule has 0 bridgehead atoms. The van der Waals surface area contributed by atoms with E-state index in [0.717, 1.165) is 21.5 Å². The van der Waals surface area contributed by atoms with Crippen LogP contribution < -0.4 is 14.8 Å². The molecule has 0 aromatic heterocycles. The highest BCUT2D eigenvalue weighted by Gasteiger charge is 2.10. The smallest absolute Gasteiger partial charge is 0.255 e. The monoisotopic (exact) mass is 425 g/mol. The minimum Gasteiger partial charge on any atom is -0.496 e. The maximum atomic E-state index is 12.4. The molecule has 0 heterocycles. The average molecular weight is 425 g/mol. The van der Waals surface area contributed by atoms with Gasteiger partial charge in [-0.3, -0.25) is 4.79 Å². The number of benzene rings is 2. The average Bonchev–Trinajstić information content (AvgIpc) is 2.54. The van der Waals surface area contributed by atoms with Gasteiger partial charge in [-0.1, -0.05) is 13.0 Å². The van der Waals surface area contributed by atoms with Crippen LogP contribution in [0.1, 0.15) is 30.6 Å². The first-order valence-corrected chi connectivity index (χ1v) is 8.53. The quantitative estimate of drug-likeness (QED) is 0.681. The lowest BCUT2D eigenvalue weighted by atomic mass is 10.2. The summed E-state index contributed by atoms with van der Waals surface area (Å²) in [5.41, 5.74) is 1.30. The van der Waals surface area contributed by atoms with Gasteiger partial charge in [0.2, 0.25) is 0 Å². The molecule has 0 fully saturated rings. The molecule has 1 unspecified atom stereocenters. The Hall–Kier alpha value is -1.76. The molecule has 122 valence electrons. The Morgan fingerprint density at radius 2 is 2.04 bits per heavy atom. The molecule has 0 aliphatic rings. The molecule has 2 aromatic rings. The molecular formula is C18H20INO3. The van der Waals surface area contributed by atoms with Crippen molar-refractivity contribution in [2.75, 3.05) is 12.4 Å². The van der Waals surface area contributed by atoms with E-state index in [1.165, 1.54) is 0 Å². The van der Waals surface area contributed by atoms with Crippen LogP contribution in [0.4, 0.5) is 5.69 Å². The molecule has 4 nitrogen and oxygen atoms in total. The zero-order valence-electron chi connectivity index (χ0n) is 13.4. The third kappa shape index (κ3) is 4.86. The van der Waals surface area contributed by atoms with E-state index in [4.69, 9.17) is 9.47 Å². The molecule has 1 atom stereocenters. The minimum atomic E-state index is -0.161. The van der Waals surface area contributed by atoms with Crippen LogP contribution >= 0.6 is 22.6 Å². The Labute approximate surface area is 150 Å². The first-order valence-electron chi connectivity index (χ1n) is 7.45. The number of amides is 1. The fourth-order valence-corrected chi connectivity index (χ4v) is 2.71. The first kappa shape index (κ1) is 17.6. The largest absolute Gasteiger partial charge is 0.496 e. The topological polar surface area (TPSA) is 47.6 Å². The summed E-state index contributed by atoms with van der Waals surface area (Å²) >= 11 is 2.15. The lowest BCUT2D eigenvalue weighted by Gasteiger charge is -2.14. The number of carbonyl (C=O) groups is 1. The zero-order chi connectivity index (χ0) is 16.8. The van der Waals surface area contributed by atoms with Gasteiger partial charge in [0, 0.05) is 17.3 Å². The standard InChI is InChI=1S/C18H20INO3/c1-4-12(2)23-15-7-5-6-14(11-15)20-18(21)13-8-9-17(22-3)16(19)10-13/h5-12H,4H2,1-3H3,(H,20,21). The zero-order valence-corrected chi connectivity index (χ0v) is 15.6. The number of methoxy groups -OCH3 is 1. The van der Waals surface area contributed by atoms with Crippen LogP contribution in [0.5, 0.6) is 11.5 Å². The third-order valence-corrected chi connectivity index (χ3v) is 4.26. The predicted octanol–water partition coefficient (Wildman–Crippen LogP) is 4.73. The van der Waals surface area contributed by atoms with Crippen LogP contribution in [0.3, 0.4) is 0 Å². The van der Waals surface area contributed by atoms with Crippen molar-refractivity contribution in [2.24, 2.45) is 0 Å². The summed E-state index contributed by atoms with van der Waals surface area (Å²) in [5, 5.41) is 2.89. The van der Waals surface area contributed by atoms with Gasteiger partial charge in [-0.05, 0) is 66.3 Å². The van der Waals surface area contributed by atoms with E-state index < -0.39 is 0 Å². The van der Waals surface area contributed by atoms with Gasteiger partial charge in [0.25, 0.3) is 5.91 Å². The molecule has 5 heteroatoms. The molecule has 0 radical (unpaired) electrons. The van der Waals surface area contributed by atoms with E-state index in [1.807, 2.05) is 31.2 Å². The fraction of sp³-hybridized carbons (Fsp3) is 0.278. The minimum absolute atomic E-state index is 0.143. The maximum absolute atomic E-state index is 12.4. The number of halogens is 1. The summed E-state index contributed by atoms with van der Waals surface area (Å²) in [5.74, 6) is 1.35. The number of carbonyl (C=O) groups excluding carboxylic acids is 1. The van der Waals surface area contributed by atoms with Crippen molar-refractivity contribution in [3.8, 4) is 11.5 Å². The molecule has 0 saturated carbocycles. The summed E-state index contributed by atoms with van der Waals surface area (Å²) in [7, 11) is 1.61. The van der Waals surface area contributed by atoms with Crippen LogP contribution in [-0.2, 0) is 0 Å². The number of nitrogens with one attached hydrogen (secondary N) is 1. The lowest BCUT2D eigenvalue weighted by Crippen LogP contribution is -2.13. The first-order chi connectivity index (χ1) is 11.0. The molecule has 23 heavy (non-hydrogen) atoms. The van der Waals surface area contributed by atoms with E-state index in [-0.39, 0.29) is 12.0 Å². The Morgan fingerprint density at radius 1 is 1.26 bits per heavy atom. The summed E-state index contributed by atoms with van der Waals surface area (Å²) in [6, 6.07) is 12.8. The van der Waals surface area contributed by atoms with E-state index in [0.29, 0.717) is 11.3 Å². The summed E-state index contributed by atoms with van der Waals surface area (Å²) in [4.78, 5) is 12.4. The molecule has 0 saturated heterocycles. The van der Waals surface area contributed by atoms with Crippen LogP contribution in [-0.4, -0.2) is 19.1 Å². The fourth-order valence-electron chi connectivity index (χ4n) is 1.97. The lowest BCUT2D eigenvalue weighted by molar-refractivity contribution is 0.102. The van der Waals surface area contributed by atoms with Crippen LogP contribution in [0.2, 0.25) is 0 Å². The number of hydrogen-bond acceptors (Lipinski definition) is 3. The van der Waals surface area contributed by atoms with E-state index in [1.54, 1.807) is 25.3 Å². The Balaban J connectivity index is 2.11. The van der Waals surface area contributed by atoms with Gasteiger partial charge < -0.3 is 14.8 Å². The molecule has 0 aliphatic carbocycles. The summed E-state index contributed by atoms with van der Waals surface area (Å²) < 4.78 is 11.9. The number of hydrogen-bond donors (Lipinski definition) is 1. The van der Waals surface area contributed by atoms with Crippen molar-refractivity contribution >= 4 is 34.2 Å². The van der Waals surface area contributed by atoms with Crippen molar-refractivity contribution < 1.29 is 14.3 Å². The van der Waals surface area contributed by atoms with Crippen LogP contribution in [0.25, 0.3) is 0 Å². The Bertz CT molecular complexity index is 688. The van der Waals surface area contributed by atoms with Crippen LogP contribution in [0.15, 0.2) is 42.5 Å². The molecule has 0 aliphatic heterocycles. The van der Waals surface area contributed by atoms with Gasteiger partial charge in [0.05, 0.1) is 16.8 Å². The highest BCUT2D eigenvalue weighted by atomic mass is 127. The SMILES string of the molecule is CCC(C)Oc1cccc(NC(=O)c2ccc(OC)c(I)c2)c1. The number of anilines is 1. The van der Waals surface area contributed by atoms with E-state index in [9.17, 15) is 4.79 Å². The Kier molecular flexibility index (Phi) is 6.27. The van der Waals surface area contributed by atoms with Crippen molar-refractivity contribution in [3.63, 3.8) is 0 Å². The van der Waals surface area contributed by atoms with Gasteiger partial charge in [-0.25, -0.2) is 0 Å². The van der Waals surface area contributed by atoms with Crippen molar-refractivity contribution in [1.82, 2.24) is 0 Å². The number of rotatable bonds is 6. The second-order valence-electron chi connectivity index (χ2n) is 5.17. The van der Waals surface area contributed by atoms with Gasteiger partial charge >= 0.3 is 0 Å². The number of ether oxygens (including phenoxy) is 2. The highest BCUT2D eigenvalue weighted by molar-refractivity contribution is 14.1. The van der Waals surface area contributed by atoms with Crippen molar-refractivity contribution in [2.45, 2.75) is 26.4 Å². The van der Waals surface area contributed by atoms with Gasteiger partial charge in [0.1, 0.15) is 11.5 Å². The molecule has 1 amide bonds. The van der Waals surface area contributed by atoms with Gasteiger partial charge in [-0.2, -0.15) is 0 Å². The molecule has 2 aromatic carbocycles. The molecule has 0 spiro atoms. The summed E-state index contributed by atoms with van der Waals surface area (Å²) in [6.07, 6.45) is 1.07. The van der Waals surface area contributed by atoms with Crippen molar-refractivity contribution in [1.29, 1.82) is 0 Å². The predicted molar refractivity (Wildman–Crippen MR) is 100 cm³/mol. The van der Waals surface area contributed by atoms with Crippen LogP contribution in [0, 0.1) is 3.57 Å². The second-order valence-corrected chi connectivity index (χ2v) is 6.33. The molecule has 2 rings (SSSR count).